The van der Waals surface area contributed by atoms with E-state index in [1.165, 1.54) is 18.2 Å². The van der Waals surface area contributed by atoms with Crippen molar-refractivity contribution in [2.24, 2.45) is 0 Å². The molecule has 34 heavy (non-hydrogen) atoms. The molecule has 0 spiro atoms. The van der Waals surface area contributed by atoms with Gasteiger partial charge in [0.05, 0.1) is 11.9 Å². The van der Waals surface area contributed by atoms with Gasteiger partial charge in [0.2, 0.25) is 15.5 Å². The van der Waals surface area contributed by atoms with Gasteiger partial charge in [-0.25, -0.2) is 13.4 Å². The molecule has 5 N–H and O–H groups in total. The number of alkyl halides is 3. The number of hydrogen-bond acceptors (Lipinski definition) is 7. The van der Waals surface area contributed by atoms with Crippen LogP contribution < -0.4 is 25.1 Å². The van der Waals surface area contributed by atoms with Crippen molar-refractivity contribution in [1.29, 1.82) is 0 Å². The molecule has 0 atom stereocenters. The van der Waals surface area contributed by atoms with Gasteiger partial charge in [0.1, 0.15) is 5.75 Å². The number of benzene rings is 2. The second-order valence-corrected chi connectivity index (χ2v) is 8.93. The van der Waals surface area contributed by atoms with Crippen LogP contribution in [-0.4, -0.2) is 36.0 Å². The lowest BCUT2D eigenvalue weighted by Crippen LogP contribution is -2.17. The Morgan fingerprint density at radius 3 is 2.62 bits per heavy atom. The van der Waals surface area contributed by atoms with E-state index < -0.39 is 16.4 Å². The van der Waals surface area contributed by atoms with Crippen molar-refractivity contribution in [3.63, 3.8) is 0 Å². The number of nitrogens with one attached hydrogen (secondary N) is 5. The number of aromatic amines is 2. The summed E-state index contributed by atoms with van der Waals surface area (Å²) < 4.78 is 66.8. The zero-order valence-corrected chi connectivity index (χ0v) is 18.4. The molecule has 0 saturated heterocycles. The molecule has 0 aliphatic heterocycles. The average molecular weight is 494 g/mol. The summed E-state index contributed by atoms with van der Waals surface area (Å²) in [7, 11) is -3.44. The molecule has 0 aliphatic rings. The summed E-state index contributed by atoms with van der Waals surface area (Å²) in [6.07, 6.45) is -2.17. The fraction of sp³-hybridized carbons (Fsp3) is 0.150. The van der Waals surface area contributed by atoms with Gasteiger partial charge in [-0.15, -0.1) is 13.2 Å². The summed E-state index contributed by atoms with van der Waals surface area (Å²) in [4.78, 5) is 14.7. The monoisotopic (exact) mass is 494 g/mol. The predicted octanol–water partition coefficient (Wildman–Crippen LogP) is 3.40. The molecule has 0 aliphatic carbocycles. The molecule has 0 radical (unpaired) electrons. The lowest BCUT2D eigenvalue weighted by Gasteiger charge is -2.11. The van der Waals surface area contributed by atoms with E-state index in [4.69, 9.17) is 0 Å². The van der Waals surface area contributed by atoms with Crippen molar-refractivity contribution in [3.05, 3.63) is 60.4 Å². The Morgan fingerprint density at radius 2 is 1.85 bits per heavy atom. The van der Waals surface area contributed by atoms with Crippen molar-refractivity contribution < 1.29 is 31.3 Å². The Kier molecular flexibility index (Phi) is 6.15. The topological polar surface area (TPSA) is 135 Å². The van der Waals surface area contributed by atoms with Crippen LogP contribution in [0, 0.1) is 0 Å². The van der Waals surface area contributed by atoms with Gasteiger partial charge < -0.3 is 15.4 Å². The number of ether oxygens (including phenoxy) is 1. The molecular formula is C20H19F3N7O3S+. The van der Waals surface area contributed by atoms with Crippen LogP contribution in [0.2, 0.25) is 0 Å². The number of nitrogens with zero attached hydrogens (tertiary/aromatic N) is 2. The molecule has 14 heteroatoms. The highest BCUT2D eigenvalue weighted by Gasteiger charge is 2.31. The first kappa shape index (κ1) is 23.1. The zero-order valence-electron chi connectivity index (χ0n) is 17.6. The maximum atomic E-state index is 12.5. The van der Waals surface area contributed by atoms with Gasteiger partial charge >= 0.3 is 18.0 Å². The van der Waals surface area contributed by atoms with Gasteiger partial charge in [-0.1, -0.05) is 23.2 Å². The van der Waals surface area contributed by atoms with Crippen molar-refractivity contribution in [2.45, 2.75) is 12.9 Å². The van der Waals surface area contributed by atoms with Crippen molar-refractivity contribution in [3.8, 4) is 5.75 Å². The first-order valence-electron chi connectivity index (χ1n) is 9.74. The summed E-state index contributed by atoms with van der Waals surface area (Å²) in [5, 5.41) is 6.09. The number of anilines is 4. The van der Waals surface area contributed by atoms with Crippen molar-refractivity contribution in [2.75, 3.05) is 21.6 Å². The van der Waals surface area contributed by atoms with E-state index in [-0.39, 0.29) is 18.2 Å². The van der Waals surface area contributed by atoms with Crippen LogP contribution in [0.15, 0.2) is 54.9 Å². The van der Waals surface area contributed by atoms with Gasteiger partial charge in [0.15, 0.2) is 12.1 Å². The minimum atomic E-state index is -4.78. The third kappa shape index (κ3) is 6.25. The Bertz CT molecular complexity index is 1420. The van der Waals surface area contributed by atoms with Crippen LogP contribution in [0.25, 0.3) is 11.2 Å². The molecule has 178 valence electrons. The molecule has 2 aromatic carbocycles. The summed E-state index contributed by atoms with van der Waals surface area (Å²) in [6, 6.07) is 12.1. The Balaban J connectivity index is 1.54. The van der Waals surface area contributed by atoms with Crippen LogP contribution in [0.1, 0.15) is 5.56 Å². The Morgan fingerprint density at radius 1 is 1.09 bits per heavy atom. The third-order valence-corrected chi connectivity index (χ3v) is 4.95. The average Bonchev–Trinajstić information content (AvgIpc) is 3.19. The highest BCUT2D eigenvalue weighted by Crippen LogP contribution is 2.25. The molecule has 2 aromatic heterocycles. The SMILES string of the molecule is CS(=O)(=O)Nc1cccc(Nc2nc(NCc3cccc(OC(F)(F)F)c3)c3[nH]c[nH+]c3n2)c1. The van der Waals surface area contributed by atoms with Crippen molar-refractivity contribution >= 4 is 44.3 Å². The lowest BCUT2D eigenvalue weighted by molar-refractivity contribution is -0.347. The van der Waals surface area contributed by atoms with Gasteiger partial charge in [-0.3, -0.25) is 9.71 Å². The van der Waals surface area contributed by atoms with E-state index in [1.807, 2.05) is 0 Å². The molecule has 0 bridgehead atoms. The number of sulfonamides is 1. The van der Waals surface area contributed by atoms with E-state index >= 15 is 0 Å². The number of rotatable bonds is 8. The Labute approximate surface area is 191 Å². The lowest BCUT2D eigenvalue weighted by atomic mass is 10.2. The second-order valence-electron chi connectivity index (χ2n) is 7.18. The van der Waals surface area contributed by atoms with E-state index in [1.54, 1.807) is 36.7 Å². The standard InChI is InChI=1S/C20H18F3N7O3S/c1-34(31,32)30-14-6-3-5-13(9-14)27-19-28-17(16-18(29-19)26-11-25-16)24-10-12-4-2-7-15(8-12)33-20(21,22)23/h2-9,11,30H,10H2,1H3,(H3,24,25,26,27,28,29)/p+1. The van der Waals surface area contributed by atoms with Crippen LogP contribution in [0.4, 0.5) is 36.3 Å². The second kappa shape index (κ2) is 9.05. The first-order chi connectivity index (χ1) is 16.0. The number of aromatic nitrogens is 4. The van der Waals surface area contributed by atoms with E-state index in [0.717, 1.165) is 6.26 Å². The van der Waals surface area contributed by atoms with Crippen LogP contribution in [-0.2, 0) is 16.6 Å². The van der Waals surface area contributed by atoms with E-state index in [0.29, 0.717) is 33.9 Å². The predicted molar refractivity (Wildman–Crippen MR) is 119 cm³/mol. The summed E-state index contributed by atoms with van der Waals surface area (Å²) in [5.74, 6) is 0.274. The molecule has 2 heterocycles. The number of fused-ring (bicyclic) bond motifs is 1. The van der Waals surface area contributed by atoms with Gasteiger partial charge in [-0.05, 0) is 35.9 Å². The van der Waals surface area contributed by atoms with Crippen molar-refractivity contribution in [1.82, 2.24) is 15.0 Å². The fourth-order valence-corrected chi connectivity index (χ4v) is 3.66. The smallest absolute Gasteiger partial charge is 0.406 e. The molecule has 0 saturated carbocycles. The van der Waals surface area contributed by atoms with Gasteiger partial charge in [0.25, 0.3) is 0 Å². The number of halogens is 3. The summed E-state index contributed by atoms with van der Waals surface area (Å²) in [5.41, 5.74) is 2.46. The maximum Gasteiger partial charge on any atom is 0.573 e. The molecular weight excluding hydrogens is 475 g/mol. The molecule has 0 unspecified atom stereocenters. The van der Waals surface area contributed by atoms with Crippen LogP contribution in [0.3, 0.4) is 0 Å². The highest BCUT2D eigenvalue weighted by atomic mass is 32.2. The minimum absolute atomic E-state index is 0.160. The van der Waals surface area contributed by atoms with Gasteiger partial charge in [0, 0.05) is 12.2 Å². The molecule has 4 rings (SSSR count). The van der Waals surface area contributed by atoms with E-state index in [2.05, 4.69) is 40.0 Å². The van der Waals surface area contributed by atoms with Gasteiger partial charge in [-0.2, -0.15) is 4.98 Å². The molecule has 0 amide bonds. The third-order valence-electron chi connectivity index (χ3n) is 4.35. The maximum absolute atomic E-state index is 12.5. The zero-order chi connectivity index (χ0) is 24.3. The summed E-state index contributed by atoms with van der Waals surface area (Å²) in [6.45, 7) is 0.160. The number of imidazole rings is 1. The molecule has 4 aromatic rings. The Hall–Kier alpha value is -4.07. The van der Waals surface area contributed by atoms with Crippen LogP contribution in [0.5, 0.6) is 5.75 Å². The number of H-pyrrole nitrogens is 2. The normalized spacial score (nSPS) is 11.9. The van der Waals surface area contributed by atoms with E-state index in [9.17, 15) is 21.6 Å². The minimum Gasteiger partial charge on any atom is -0.406 e. The fourth-order valence-electron chi connectivity index (χ4n) is 3.10. The largest absolute Gasteiger partial charge is 0.573 e. The first-order valence-corrected chi connectivity index (χ1v) is 11.6. The quantitative estimate of drug-likeness (QED) is 0.295. The molecule has 10 nitrogen and oxygen atoms in total. The summed E-state index contributed by atoms with van der Waals surface area (Å²) >= 11 is 0. The van der Waals surface area contributed by atoms with Crippen LogP contribution >= 0.6 is 0 Å². The number of hydrogen-bond donors (Lipinski definition) is 4. The highest BCUT2D eigenvalue weighted by molar-refractivity contribution is 7.92. The molecule has 0 fully saturated rings.